The Kier molecular flexibility index (Phi) is 5.43. The van der Waals surface area contributed by atoms with Crippen molar-refractivity contribution in [2.45, 2.75) is 44.9 Å². The quantitative estimate of drug-likeness (QED) is 0.788. The number of carbonyl (C=O) groups is 2. The highest BCUT2D eigenvalue weighted by atomic mass is 16.2. The molecule has 106 valence electrons. The van der Waals surface area contributed by atoms with Gasteiger partial charge in [0, 0.05) is 32.0 Å². The lowest BCUT2D eigenvalue weighted by molar-refractivity contribution is -0.131. The van der Waals surface area contributed by atoms with Crippen LogP contribution in [0.5, 0.6) is 0 Å². The van der Waals surface area contributed by atoms with Crippen molar-refractivity contribution >= 4 is 11.8 Å². The van der Waals surface area contributed by atoms with Crippen molar-refractivity contribution in [3.63, 3.8) is 0 Å². The summed E-state index contributed by atoms with van der Waals surface area (Å²) in [4.78, 5) is 25.6. The first-order chi connectivity index (χ1) is 9.27. The summed E-state index contributed by atoms with van der Waals surface area (Å²) >= 11 is 0. The van der Waals surface area contributed by atoms with Crippen LogP contribution in [0.25, 0.3) is 0 Å². The molecule has 0 saturated carbocycles. The van der Waals surface area contributed by atoms with Crippen molar-refractivity contribution in [2.24, 2.45) is 5.92 Å². The van der Waals surface area contributed by atoms with Crippen molar-refractivity contribution in [2.75, 3.05) is 19.6 Å². The Morgan fingerprint density at radius 1 is 1.32 bits per heavy atom. The predicted octanol–water partition coefficient (Wildman–Crippen LogP) is 1.86. The number of nitrogens with zero attached hydrogens (tertiary/aromatic N) is 1. The molecule has 4 nitrogen and oxygen atoms in total. The summed E-state index contributed by atoms with van der Waals surface area (Å²) in [5, 5.41) is 2.97. The lowest BCUT2D eigenvalue weighted by Crippen LogP contribution is -2.40. The second-order valence-corrected chi connectivity index (χ2v) is 5.46. The molecule has 2 amide bonds. The molecule has 0 bridgehead atoms. The molecule has 0 unspecified atom stereocenters. The second-order valence-electron chi connectivity index (χ2n) is 5.46. The molecule has 19 heavy (non-hydrogen) atoms. The highest BCUT2D eigenvalue weighted by Crippen LogP contribution is 2.17. The maximum atomic E-state index is 11.9. The fourth-order valence-corrected chi connectivity index (χ4v) is 2.77. The van der Waals surface area contributed by atoms with E-state index in [0.717, 1.165) is 45.1 Å². The number of allylic oxidation sites excluding steroid dienone is 2. The molecule has 0 spiro atoms. The zero-order chi connectivity index (χ0) is 13.5. The average Bonchev–Trinajstić information content (AvgIpc) is 2.65. The minimum absolute atomic E-state index is 0.129. The van der Waals surface area contributed by atoms with Gasteiger partial charge in [0.2, 0.25) is 11.8 Å². The summed E-state index contributed by atoms with van der Waals surface area (Å²) in [7, 11) is 0. The average molecular weight is 264 g/mol. The van der Waals surface area contributed by atoms with Gasteiger partial charge in [0.05, 0.1) is 0 Å². The lowest BCUT2D eigenvalue weighted by atomic mass is 9.94. The first-order valence-corrected chi connectivity index (χ1v) is 7.48. The van der Waals surface area contributed by atoms with E-state index in [2.05, 4.69) is 17.5 Å². The van der Waals surface area contributed by atoms with E-state index in [1.807, 2.05) is 4.90 Å². The van der Waals surface area contributed by atoms with Crippen LogP contribution in [0.15, 0.2) is 12.2 Å². The zero-order valence-corrected chi connectivity index (χ0v) is 11.6. The molecule has 2 rings (SSSR count). The van der Waals surface area contributed by atoms with Gasteiger partial charge in [0.15, 0.2) is 0 Å². The SMILES string of the molecule is O=C(NCCN1CCCCCC1=O)[C@@H]1CC=CCC1. The highest BCUT2D eigenvalue weighted by molar-refractivity contribution is 5.79. The van der Waals surface area contributed by atoms with Crippen molar-refractivity contribution < 1.29 is 9.59 Å². The van der Waals surface area contributed by atoms with Crippen LogP contribution in [-0.2, 0) is 9.59 Å². The van der Waals surface area contributed by atoms with Gasteiger partial charge in [-0.3, -0.25) is 9.59 Å². The Bertz CT molecular complexity index is 352. The number of nitrogens with one attached hydrogen (secondary N) is 1. The fourth-order valence-electron chi connectivity index (χ4n) is 2.77. The van der Waals surface area contributed by atoms with Crippen LogP contribution in [0.2, 0.25) is 0 Å². The van der Waals surface area contributed by atoms with Gasteiger partial charge in [-0.2, -0.15) is 0 Å². The Labute approximate surface area is 115 Å². The molecule has 1 aliphatic heterocycles. The standard InChI is InChI=1S/C15H24N2O2/c18-14-9-5-2-6-11-17(14)12-10-16-15(19)13-7-3-1-4-8-13/h1,3,13H,2,4-12H2,(H,16,19)/t13-/m1/s1. The molecule has 1 aliphatic carbocycles. The normalized spacial score (nSPS) is 24.1. The maximum Gasteiger partial charge on any atom is 0.223 e. The Balaban J connectivity index is 1.68. The highest BCUT2D eigenvalue weighted by Gasteiger charge is 2.19. The molecule has 0 radical (unpaired) electrons. The summed E-state index contributed by atoms with van der Waals surface area (Å²) in [6.45, 7) is 2.10. The lowest BCUT2D eigenvalue weighted by Gasteiger charge is -2.22. The third kappa shape index (κ3) is 4.37. The first-order valence-electron chi connectivity index (χ1n) is 7.48. The summed E-state index contributed by atoms with van der Waals surface area (Å²) < 4.78 is 0. The van der Waals surface area contributed by atoms with E-state index in [-0.39, 0.29) is 17.7 Å². The van der Waals surface area contributed by atoms with Gasteiger partial charge in [-0.15, -0.1) is 0 Å². The van der Waals surface area contributed by atoms with Crippen LogP contribution in [0.3, 0.4) is 0 Å². The summed E-state index contributed by atoms with van der Waals surface area (Å²) in [6, 6.07) is 0. The number of hydrogen-bond donors (Lipinski definition) is 1. The number of rotatable bonds is 4. The van der Waals surface area contributed by atoms with Crippen LogP contribution < -0.4 is 5.32 Å². The van der Waals surface area contributed by atoms with E-state index in [9.17, 15) is 9.59 Å². The molecule has 1 heterocycles. The topological polar surface area (TPSA) is 49.4 Å². The summed E-state index contributed by atoms with van der Waals surface area (Å²) in [6.07, 6.45) is 10.9. The number of carbonyl (C=O) groups excluding carboxylic acids is 2. The van der Waals surface area contributed by atoms with Crippen molar-refractivity contribution in [1.29, 1.82) is 0 Å². The van der Waals surface area contributed by atoms with Crippen LogP contribution in [0.4, 0.5) is 0 Å². The van der Waals surface area contributed by atoms with Crippen LogP contribution in [-0.4, -0.2) is 36.3 Å². The van der Waals surface area contributed by atoms with Gasteiger partial charge in [-0.05, 0) is 32.1 Å². The van der Waals surface area contributed by atoms with E-state index in [1.165, 1.54) is 0 Å². The molecule has 1 fully saturated rings. The fraction of sp³-hybridized carbons (Fsp3) is 0.733. The smallest absolute Gasteiger partial charge is 0.223 e. The number of amides is 2. The third-order valence-electron chi connectivity index (χ3n) is 3.99. The van der Waals surface area contributed by atoms with Gasteiger partial charge in [-0.1, -0.05) is 18.6 Å². The van der Waals surface area contributed by atoms with E-state index < -0.39 is 0 Å². The van der Waals surface area contributed by atoms with Crippen molar-refractivity contribution in [1.82, 2.24) is 10.2 Å². The zero-order valence-electron chi connectivity index (χ0n) is 11.6. The van der Waals surface area contributed by atoms with E-state index >= 15 is 0 Å². The van der Waals surface area contributed by atoms with Gasteiger partial charge in [-0.25, -0.2) is 0 Å². The second kappa shape index (κ2) is 7.31. The van der Waals surface area contributed by atoms with E-state index in [0.29, 0.717) is 19.5 Å². The van der Waals surface area contributed by atoms with Gasteiger partial charge in [0.25, 0.3) is 0 Å². The van der Waals surface area contributed by atoms with E-state index in [4.69, 9.17) is 0 Å². The molecular formula is C15H24N2O2. The summed E-state index contributed by atoms with van der Waals surface area (Å²) in [5.41, 5.74) is 0. The van der Waals surface area contributed by atoms with Crippen LogP contribution in [0.1, 0.15) is 44.9 Å². The van der Waals surface area contributed by atoms with E-state index in [1.54, 1.807) is 0 Å². The molecule has 1 saturated heterocycles. The molecular weight excluding hydrogens is 240 g/mol. The van der Waals surface area contributed by atoms with Gasteiger partial charge in [0.1, 0.15) is 0 Å². The minimum atomic E-state index is 0.129. The number of likely N-dealkylation sites (tertiary alicyclic amines) is 1. The Hall–Kier alpha value is -1.32. The number of hydrogen-bond acceptors (Lipinski definition) is 2. The van der Waals surface area contributed by atoms with Crippen molar-refractivity contribution in [3.05, 3.63) is 12.2 Å². The molecule has 4 heteroatoms. The first kappa shape index (κ1) is 14.1. The van der Waals surface area contributed by atoms with Crippen LogP contribution >= 0.6 is 0 Å². The Morgan fingerprint density at radius 3 is 3.00 bits per heavy atom. The molecule has 2 aliphatic rings. The van der Waals surface area contributed by atoms with Gasteiger partial charge >= 0.3 is 0 Å². The molecule has 1 atom stereocenters. The minimum Gasteiger partial charge on any atom is -0.354 e. The molecule has 1 N–H and O–H groups in total. The monoisotopic (exact) mass is 264 g/mol. The molecule has 0 aromatic heterocycles. The largest absolute Gasteiger partial charge is 0.354 e. The predicted molar refractivity (Wildman–Crippen MR) is 74.5 cm³/mol. The third-order valence-corrected chi connectivity index (χ3v) is 3.99. The maximum absolute atomic E-state index is 11.9. The Morgan fingerprint density at radius 2 is 2.21 bits per heavy atom. The molecule has 0 aromatic rings. The van der Waals surface area contributed by atoms with Crippen LogP contribution in [0, 0.1) is 5.92 Å². The van der Waals surface area contributed by atoms with Gasteiger partial charge < -0.3 is 10.2 Å². The summed E-state index contributed by atoms with van der Waals surface area (Å²) in [5.74, 6) is 0.517. The molecule has 0 aromatic carbocycles. The van der Waals surface area contributed by atoms with Crippen molar-refractivity contribution in [3.8, 4) is 0 Å².